The zero-order chi connectivity index (χ0) is 18.6. The predicted octanol–water partition coefficient (Wildman–Crippen LogP) is 6.33. The Labute approximate surface area is 170 Å². The number of rotatable bonds is 4. The molecule has 0 N–H and O–H groups in total. The third-order valence-electron chi connectivity index (χ3n) is 6.95. The van der Waals surface area contributed by atoms with Gasteiger partial charge < -0.3 is 9.32 Å². The van der Waals surface area contributed by atoms with E-state index in [0.29, 0.717) is 5.41 Å². The SMILES string of the molecule is CN(C)c1oc(C=Nc2ccc(C34CC5CC(CC(C5)C3)C4)cc2)cc1Br. The quantitative estimate of drug-likeness (QED) is 0.534. The molecule has 4 aliphatic rings. The third-order valence-corrected chi connectivity index (χ3v) is 7.52. The van der Waals surface area contributed by atoms with Gasteiger partial charge in [-0.05, 0) is 95.3 Å². The fraction of sp³-hybridized carbons (Fsp3) is 0.522. The van der Waals surface area contributed by atoms with Crippen LogP contribution in [0, 0.1) is 17.8 Å². The molecule has 0 aliphatic heterocycles. The van der Waals surface area contributed by atoms with Crippen LogP contribution in [0.15, 0.2) is 44.2 Å². The molecule has 4 fully saturated rings. The molecule has 1 heterocycles. The smallest absolute Gasteiger partial charge is 0.210 e. The van der Waals surface area contributed by atoms with Crippen molar-refractivity contribution in [2.24, 2.45) is 22.7 Å². The first-order chi connectivity index (χ1) is 13.0. The van der Waals surface area contributed by atoms with E-state index in [1.165, 1.54) is 38.5 Å². The van der Waals surface area contributed by atoms with E-state index in [0.717, 1.165) is 39.6 Å². The Bertz CT molecular complexity index is 830. The number of halogens is 1. The average Bonchev–Trinajstić information content (AvgIpc) is 3.00. The second-order valence-electron chi connectivity index (χ2n) is 9.20. The minimum atomic E-state index is 0.462. The molecular formula is C23H27BrN2O. The topological polar surface area (TPSA) is 28.7 Å². The summed E-state index contributed by atoms with van der Waals surface area (Å²) in [6.07, 6.45) is 10.5. The second kappa shape index (κ2) is 6.51. The minimum Gasteiger partial charge on any atom is -0.438 e. The van der Waals surface area contributed by atoms with E-state index in [-0.39, 0.29) is 0 Å². The summed E-state index contributed by atoms with van der Waals surface area (Å²) in [6.45, 7) is 0. The van der Waals surface area contributed by atoms with E-state index in [9.17, 15) is 0 Å². The summed E-state index contributed by atoms with van der Waals surface area (Å²) in [5, 5.41) is 0. The van der Waals surface area contributed by atoms with Gasteiger partial charge in [-0.2, -0.15) is 0 Å². The van der Waals surface area contributed by atoms with E-state index in [4.69, 9.17) is 4.42 Å². The van der Waals surface area contributed by atoms with E-state index >= 15 is 0 Å². The molecule has 3 nitrogen and oxygen atoms in total. The first kappa shape index (κ1) is 17.5. The molecule has 1 aromatic heterocycles. The number of benzene rings is 1. The zero-order valence-electron chi connectivity index (χ0n) is 16.1. The summed E-state index contributed by atoms with van der Waals surface area (Å²) >= 11 is 3.53. The average molecular weight is 427 g/mol. The zero-order valence-corrected chi connectivity index (χ0v) is 17.7. The Morgan fingerprint density at radius 3 is 2.15 bits per heavy atom. The second-order valence-corrected chi connectivity index (χ2v) is 10.1. The molecule has 0 saturated heterocycles. The first-order valence-electron chi connectivity index (χ1n) is 10.1. The van der Waals surface area contributed by atoms with Crippen LogP contribution >= 0.6 is 15.9 Å². The molecule has 0 amide bonds. The Balaban J connectivity index is 1.34. The van der Waals surface area contributed by atoms with Gasteiger partial charge in [-0.1, -0.05) is 12.1 Å². The van der Waals surface area contributed by atoms with Crippen molar-refractivity contribution in [3.8, 4) is 0 Å². The Hall–Kier alpha value is -1.55. The lowest BCUT2D eigenvalue weighted by atomic mass is 9.48. The van der Waals surface area contributed by atoms with E-state index in [2.05, 4.69) is 45.2 Å². The lowest BCUT2D eigenvalue weighted by Gasteiger charge is -2.57. The van der Waals surface area contributed by atoms with Crippen LogP contribution < -0.4 is 4.90 Å². The maximum atomic E-state index is 5.82. The molecule has 4 heteroatoms. The first-order valence-corrected chi connectivity index (χ1v) is 10.9. The van der Waals surface area contributed by atoms with Crippen molar-refractivity contribution < 1.29 is 4.42 Å². The maximum absolute atomic E-state index is 5.82. The fourth-order valence-corrected chi connectivity index (χ4v) is 6.91. The number of nitrogens with zero attached hydrogens (tertiary/aromatic N) is 2. The van der Waals surface area contributed by atoms with E-state index in [1.807, 2.05) is 25.1 Å². The van der Waals surface area contributed by atoms with Crippen molar-refractivity contribution in [2.75, 3.05) is 19.0 Å². The molecule has 0 unspecified atom stereocenters. The highest BCUT2D eigenvalue weighted by molar-refractivity contribution is 9.10. The number of hydrogen-bond acceptors (Lipinski definition) is 3. The van der Waals surface area contributed by atoms with Gasteiger partial charge in [0, 0.05) is 20.2 Å². The standard InChI is InChI=1S/C23H27BrN2O/c1-26(2)22-21(24)10-20(27-22)14-25-19-5-3-18(4-6-19)23-11-15-7-16(12-23)9-17(8-15)13-23/h3-6,10,14-17H,7-9,11-13H2,1-2H3. The van der Waals surface area contributed by atoms with Crippen molar-refractivity contribution >= 4 is 33.7 Å². The van der Waals surface area contributed by atoms with Gasteiger partial charge in [-0.3, -0.25) is 4.99 Å². The lowest BCUT2D eigenvalue weighted by molar-refractivity contribution is -0.00518. The molecule has 0 spiro atoms. The van der Waals surface area contributed by atoms with Gasteiger partial charge in [-0.15, -0.1) is 0 Å². The molecule has 1 aromatic carbocycles. The Morgan fingerprint density at radius 2 is 1.63 bits per heavy atom. The number of aliphatic imine (C=N–C) groups is 1. The number of hydrogen-bond donors (Lipinski definition) is 0. The Kier molecular flexibility index (Phi) is 4.23. The van der Waals surface area contributed by atoms with E-state index in [1.54, 1.807) is 11.8 Å². The molecule has 4 bridgehead atoms. The van der Waals surface area contributed by atoms with Crippen molar-refractivity contribution in [3.63, 3.8) is 0 Å². The lowest BCUT2D eigenvalue weighted by Crippen LogP contribution is -2.48. The van der Waals surface area contributed by atoms with Gasteiger partial charge in [-0.25, -0.2) is 0 Å². The van der Waals surface area contributed by atoms with Gasteiger partial charge in [0.05, 0.1) is 16.4 Å². The minimum absolute atomic E-state index is 0.462. The molecule has 2 aromatic rings. The normalized spacial score (nSPS) is 31.7. The molecule has 4 saturated carbocycles. The number of anilines is 1. The summed E-state index contributed by atoms with van der Waals surface area (Å²) in [6, 6.07) is 11.0. The summed E-state index contributed by atoms with van der Waals surface area (Å²) in [5.41, 5.74) is 3.00. The third kappa shape index (κ3) is 3.16. The molecule has 6 rings (SSSR count). The Morgan fingerprint density at radius 1 is 1.04 bits per heavy atom. The van der Waals surface area contributed by atoms with Crippen molar-refractivity contribution in [2.45, 2.75) is 43.9 Å². The van der Waals surface area contributed by atoms with Crippen LogP contribution in [-0.4, -0.2) is 20.3 Å². The van der Waals surface area contributed by atoms with Crippen LogP contribution in [0.25, 0.3) is 0 Å². The van der Waals surface area contributed by atoms with Crippen LogP contribution in [0.3, 0.4) is 0 Å². The number of furan rings is 1. The highest BCUT2D eigenvalue weighted by Gasteiger charge is 2.51. The van der Waals surface area contributed by atoms with Crippen LogP contribution in [0.1, 0.15) is 49.8 Å². The van der Waals surface area contributed by atoms with Crippen LogP contribution in [0.5, 0.6) is 0 Å². The van der Waals surface area contributed by atoms with Gasteiger partial charge >= 0.3 is 0 Å². The molecule has 0 radical (unpaired) electrons. The van der Waals surface area contributed by atoms with Crippen LogP contribution in [-0.2, 0) is 5.41 Å². The van der Waals surface area contributed by atoms with Crippen molar-refractivity contribution in [1.29, 1.82) is 0 Å². The van der Waals surface area contributed by atoms with Gasteiger partial charge in [0.1, 0.15) is 5.76 Å². The van der Waals surface area contributed by atoms with Crippen LogP contribution in [0.4, 0.5) is 11.6 Å². The summed E-state index contributed by atoms with van der Waals surface area (Å²) < 4.78 is 6.77. The van der Waals surface area contributed by atoms with Gasteiger partial charge in [0.15, 0.2) is 0 Å². The highest BCUT2D eigenvalue weighted by Crippen LogP contribution is 2.60. The highest BCUT2D eigenvalue weighted by atomic mass is 79.9. The van der Waals surface area contributed by atoms with Crippen molar-refractivity contribution in [3.05, 3.63) is 46.1 Å². The molecule has 0 atom stereocenters. The monoisotopic (exact) mass is 426 g/mol. The molecule has 142 valence electrons. The van der Waals surface area contributed by atoms with Gasteiger partial charge in [0.25, 0.3) is 0 Å². The predicted molar refractivity (Wildman–Crippen MR) is 114 cm³/mol. The fourth-order valence-electron chi connectivity index (χ4n) is 6.25. The maximum Gasteiger partial charge on any atom is 0.210 e. The van der Waals surface area contributed by atoms with Crippen molar-refractivity contribution in [1.82, 2.24) is 0 Å². The van der Waals surface area contributed by atoms with Crippen LogP contribution in [0.2, 0.25) is 0 Å². The summed E-state index contributed by atoms with van der Waals surface area (Å²) in [4.78, 5) is 6.57. The van der Waals surface area contributed by atoms with Gasteiger partial charge in [0.2, 0.25) is 5.88 Å². The molecule has 27 heavy (non-hydrogen) atoms. The van der Waals surface area contributed by atoms with E-state index < -0.39 is 0 Å². The summed E-state index contributed by atoms with van der Waals surface area (Å²) in [7, 11) is 3.93. The largest absolute Gasteiger partial charge is 0.438 e. The summed E-state index contributed by atoms with van der Waals surface area (Å²) in [5.74, 6) is 4.52. The molecule has 4 aliphatic carbocycles. The molecular weight excluding hydrogens is 400 g/mol.